The summed E-state index contributed by atoms with van der Waals surface area (Å²) in [4.78, 5) is 0. The van der Waals surface area contributed by atoms with Crippen LogP contribution in [-0.2, 0) is 12.8 Å². The minimum atomic E-state index is -0.384. The molecule has 18 heavy (non-hydrogen) atoms. The number of hydrogen-bond acceptors (Lipinski definition) is 1. The Bertz CT molecular complexity index is 547. The largest absolute Gasteiger partial charge is 0.392 e. The molecule has 2 aromatic carbocycles. The van der Waals surface area contributed by atoms with E-state index < -0.39 is 0 Å². The molecular weight excluding hydrogens is 227 g/mol. The number of halogens is 1. The van der Waals surface area contributed by atoms with Crippen molar-refractivity contribution < 1.29 is 9.50 Å². The summed E-state index contributed by atoms with van der Waals surface area (Å²) >= 11 is 0. The summed E-state index contributed by atoms with van der Waals surface area (Å²) < 4.78 is 12.8. The van der Waals surface area contributed by atoms with Crippen molar-refractivity contribution in [2.24, 2.45) is 0 Å². The van der Waals surface area contributed by atoms with E-state index in [0.717, 1.165) is 12.0 Å². The standard InChI is InChI=1S/C16H15FO/c17-13-7-5-11(6-8-13)9-16(18)15-10-12-3-1-2-4-14(12)15/h1-8,15-16,18H,9-10H2. The lowest BCUT2D eigenvalue weighted by atomic mass is 9.73. The van der Waals surface area contributed by atoms with Crippen molar-refractivity contribution in [3.8, 4) is 0 Å². The zero-order valence-electron chi connectivity index (χ0n) is 10.0. The molecule has 0 aliphatic heterocycles. The lowest BCUT2D eigenvalue weighted by Gasteiger charge is -2.34. The average molecular weight is 242 g/mol. The number of fused-ring (bicyclic) bond motifs is 1. The van der Waals surface area contributed by atoms with Gasteiger partial charge >= 0.3 is 0 Å². The van der Waals surface area contributed by atoms with Crippen molar-refractivity contribution in [3.05, 3.63) is 71.0 Å². The molecule has 2 unspecified atom stereocenters. The molecule has 1 N–H and O–H groups in total. The minimum absolute atomic E-state index is 0.228. The lowest BCUT2D eigenvalue weighted by Crippen LogP contribution is -2.30. The van der Waals surface area contributed by atoms with Crippen molar-refractivity contribution in [3.63, 3.8) is 0 Å². The summed E-state index contributed by atoms with van der Waals surface area (Å²) in [6.07, 6.45) is 1.14. The molecule has 0 heterocycles. The van der Waals surface area contributed by atoms with Gasteiger partial charge in [-0.1, -0.05) is 36.4 Å². The minimum Gasteiger partial charge on any atom is -0.392 e. The number of benzene rings is 2. The monoisotopic (exact) mass is 242 g/mol. The highest BCUT2D eigenvalue weighted by Crippen LogP contribution is 2.38. The van der Waals surface area contributed by atoms with Crippen molar-refractivity contribution in [1.29, 1.82) is 0 Å². The number of hydrogen-bond donors (Lipinski definition) is 1. The number of aliphatic hydroxyl groups excluding tert-OH is 1. The molecule has 0 amide bonds. The van der Waals surface area contributed by atoms with E-state index in [1.165, 1.54) is 23.3 Å². The summed E-state index contributed by atoms with van der Waals surface area (Å²) in [5.41, 5.74) is 3.57. The van der Waals surface area contributed by atoms with Gasteiger partial charge in [0.1, 0.15) is 5.82 Å². The molecule has 0 aromatic heterocycles. The molecule has 0 spiro atoms. The van der Waals surface area contributed by atoms with Crippen LogP contribution in [0.15, 0.2) is 48.5 Å². The van der Waals surface area contributed by atoms with E-state index in [2.05, 4.69) is 12.1 Å². The predicted octanol–water partition coefficient (Wildman–Crippen LogP) is 3.07. The Hall–Kier alpha value is -1.67. The first-order valence-electron chi connectivity index (χ1n) is 6.24. The summed E-state index contributed by atoms with van der Waals surface area (Å²) in [7, 11) is 0. The molecule has 2 atom stereocenters. The Kier molecular flexibility index (Phi) is 2.88. The SMILES string of the molecule is OC(Cc1ccc(F)cc1)C1Cc2ccccc21. The number of aliphatic hydroxyl groups is 1. The summed E-state index contributed by atoms with van der Waals surface area (Å²) in [5, 5.41) is 10.2. The van der Waals surface area contributed by atoms with Crippen LogP contribution in [0.4, 0.5) is 4.39 Å². The topological polar surface area (TPSA) is 20.2 Å². The van der Waals surface area contributed by atoms with E-state index in [1.807, 2.05) is 12.1 Å². The fraction of sp³-hybridized carbons (Fsp3) is 0.250. The van der Waals surface area contributed by atoms with Gasteiger partial charge in [-0.2, -0.15) is 0 Å². The summed E-state index contributed by atoms with van der Waals surface area (Å²) in [5.74, 6) is -0.00603. The Balaban J connectivity index is 1.70. The smallest absolute Gasteiger partial charge is 0.123 e. The highest BCUT2D eigenvalue weighted by atomic mass is 19.1. The second-order valence-electron chi connectivity index (χ2n) is 4.91. The zero-order chi connectivity index (χ0) is 12.5. The molecule has 2 aromatic rings. The third kappa shape index (κ3) is 2.04. The third-order valence-electron chi connectivity index (χ3n) is 3.72. The molecule has 0 bridgehead atoms. The van der Waals surface area contributed by atoms with Crippen LogP contribution in [0.25, 0.3) is 0 Å². The number of rotatable bonds is 3. The van der Waals surface area contributed by atoms with Gasteiger partial charge in [0.15, 0.2) is 0 Å². The predicted molar refractivity (Wildman–Crippen MR) is 69.0 cm³/mol. The fourth-order valence-electron chi connectivity index (χ4n) is 2.65. The maximum atomic E-state index is 12.8. The summed E-state index contributed by atoms with van der Waals surface area (Å²) in [6, 6.07) is 14.6. The van der Waals surface area contributed by atoms with Crippen molar-refractivity contribution in [2.75, 3.05) is 0 Å². The van der Waals surface area contributed by atoms with Crippen LogP contribution in [0.2, 0.25) is 0 Å². The molecular formula is C16H15FO. The fourth-order valence-corrected chi connectivity index (χ4v) is 2.65. The Morgan fingerprint density at radius 1 is 1.11 bits per heavy atom. The van der Waals surface area contributed by atoms with Crippen LogP contribution in [0, 0.1) is 5.82 Å². The van der Waals surface area contributed by atoms with Crippen LogP contribution in [-0.4, -0.2) is 11.2 Å². The summed E-state index contributed by atoms with van der Waals surface area (Å²) in [6.45, 7) is 0. The van der Waals surface area contributed by atoms with Crippen LogP contribution in [0.1, 0.15) is 22.6 Å². The van der Waals surface area contributed by atoms with Gasteiger partial charge in [0.05, 0.1) is 6.10 Å². The molecule has 92 valence electrons. The first-order chi connectivity index (χ1) is 8.74. The van der Waals surface area contributed by atoms with Gasteiger partial charge in [-0.05, 0) is 41.7 Å². The maximum Gasteiger partial charge on any atom is 0.123 e. The highest BCUT2D eigenvalue weighted by molar-refractivity contribution is 5.41. The van der Waals surface area contributed by atoms with E-state index in [9.17, 15) is 9.50 Å². The van der Waals surface area contributed by atoms with Crippen molar-refractivity contribution in [2.45, 2.75) is 24.9 Å². The highest BCUT2D eigenvalue weighted by Gasteiger charge is 2.31. The van der Waals surface area contributed by atoms with Gasteiger partial charge in [0, 0.05) is 5.92 Å². The third-order valence-corrected chi connectivity index (χ3v) is 3.72. The zero-order valence-corrected chi connectivity index (χ0v) is 10.0. The van der Waals surface area contributed by atoms with Crippen LogP contribution in [0.3, 0.4) is 0 Å². The van der Waals surface area contributed by atoms with Crippen LogP contribution in [0.5, 0.6) is 0 Å². The maximum absolute atomic E-state index is 12.8. The van der Waals surface area contributed by atoms with Crippen LogP contribution < -0.4 is 0 Å². The molecule has 1 aliphatic carbocycles. The van der Waals surface area contributed by atoms with Gasteiger partial charge in [0.25, 0.3) is 0 Å². The van der Waals surface area contributed by atoms with E-state index in [1.54, 1.807) is 12.1 Å². The first-order valence-corrected chi connectivity index (χ1v) is 6.24. The molecule has 0 fully saturated rings. The van der Waals surface area contributed by atoms with E-state index >= 15 is 0 Å². The van der Waals surface area contributed by atoms with Crippen molar-refractivity contribution >= 4 is 0 Å². The second kappa shape index (κ2) is 4.54. The van der Waals surface area contributed by atoms with Gasteiger partial charge in [-0.25, -0.2) is 4.39 Å². The lowest BCUT2D eigenvalue weighted by molar-refractivity contribution is 0.133. The van der Waals surface area contributed by atoms with Gasteiger partial charge in [-0.15, -0.1) is 0 Å². The average Bonchev–Trinajstić information content (AvgIpc) is 2.34. The molecule has 0 radical (unpaired) electrons. The second-order valence-corrected chi connectivity index (χ2v) is 4.91. The molecule has 1 aliphatic rings. The van der Waals surface area contributed by atoms with Crippen LogP contribution >= 0.6 is 0 Å². The Morgan fingerprint density at radius 2 is 1.83 bits per heavy atom. The normalized spacial score (nSPS) is 18.9. The molecule has 0 saturated carbocycles. The Labute approximate surface area is 106 Å². The van der Waals surface area contributed by atoms with Gasteiger partial charge in [-0.3, -0.25) is 0 Å². The van der Waals surface area contributed by atoms with Gasteiger partial charge in [0.2, 0.25) is 0 Å². The quantitative estimate of drug-likeness (QED) is 0.877. The van der Waals surface area contributed by atoms with E-state index in [0.29, 0.717) is 6.42 Å². The van der Waals surface area contributed by atoms with E-state index in [-0.39, 0.29) is 17.8 Å². The van der Waals surface area contributed by atoms with E-state index in [4.69, 9.17) is 0 Å². The van der Waals surface area contributed by atoms with Gasteiger partial charge < -0.3 is 5.11 Å². The Morgan fingerprint density at radius 3 is 2.56 bits per heavy atom. The van der Waals surface area contributed by atoms with Crippen molar-refractivity contribution in [1.82, 2.24) is 0 Å². The molecule has 0 saturated heterocycles. The molecule has 3 rings (SSSR count). The molecule has 1 nitrogen and oxygen atoms in total. The first kappa shape index (κ1) is 11.4. The molecule has 2 heteroatoms.